The highest BCUT2D eigenvalue weighted by Crippen LogP contribution is 2.36. The molecular formula is C14H29NO3S. The van der Waals surface area contributed by atoms with Crippen molar-refractivity contribution in [1.29, 1.82) is 0 Å². The van der Waals surface area contributed by atoms with Gasteiger partial charge in [0.2, 0.25) is 0 Å². The molecule has 114 valence electrons. The number of sulfone groups is 1. The minimum atomic E-state index is -2.98. The Bertz CT molecular complexity index is 376. The van der Waals surface area contributed by atoms with E-state index >= 15 is 0 Å². The zero-order valence-electron chi connectivity index (χ0n) is 12.6. The van der Waals surface area contributed by atoms with Gasteiger partial charge in [0, 0.05) is 12.3 Å². The van der Waals surface area contributed by atoms with Crippen LogP contribution in [0.5, 0.6) is 0 Å². The molecule has 0 amide bonds. The van der Waals surface area contributed by atoms with Crippen molar-refractivity contribution >= 4 is 9.84 Å². The third-order valence-electron chi connectivity index (χ3n) is 4.29. The molecule has 3 unspecified atom stereocenters. The first-order valence-corrected chi connectivity index (χ1v) is 9.23. The van der Waals surface area contributed by atoms with E-state index in [1.54, 1.807) is 0 Å². The van der Waals surface area contributed by atoms with Gasteiger partial charge in [0.15, 0.2) is 0 Å². The summed E-state index contributed by atoms with van der Waals surface area (Å²) in [7, 11) is -2.98. The molecule has 1 fully saturated rings. The monoisotopic (exact) mass is 291 g/mol. The van der Waals surface area contributed by atoms with Crippen molar-refractivity contribution in [2.24, 2.45) is 5.92 Å². The van der Waals surface area contributed by atoms with E-state index in [-0.39, 0.29) is 11.2 Å². The second kappa shape index (κ2) is 6.55. The fraction of sp³-hybridized carbons (Fsp3) is 1.00. The van der Waals surface area contributed by atoms with Gasteiger partial charge in [-0.05, 0) is 45.1 Å². The van der Waals surface area contributed by atoms with Crippen LogP contribution in [0.25, 0.3) is 0 Å². The van der Waals surface area contributed by atoms with Crippen LogP contribution in [0.2, 0.25) is 0 Å². The van der Waals surface area contributed by atoms with Gasteiger partial charge in [0.05, 0.1) is 10.9 Å². The quantitative estimate of drug-likeness (QED) is 0.782. The van der Waals surface area contributed by atoms with E-state index in [2.05, 4.69) is 19.2 Å². The average molecular weight is 291 g/mol. The second-order valence-electron chi connectivity index (χ2n) is 6.53. The van der Waals surface area contributed by atoms with Gasteiger partial charge in [-0.15, -0.1) is 0 Å². The lowest BCUT2D eigenvalue weighted by Gasteiger charge is -2.38. The van der Waals surface area contributed by atoms with Gasteiger partial charge in [-0.25, -0.2) is 8.42 Å². The summed E-state index contributed by atoms with van der Waals surface area (Å²) in [5.74, 6) is 0.0925. The van der Waals surface area contributed by atoms with E-state index in [4.69, 9.17) is 0 Å². The summed E-state index contributed by atoms with van der Waals surface area (Å²) in [5, 5.41) is 13.6. The normalized spacial score (nSPS) is 28.3. The lowest BCUT2D eigenvalue weighted by molar-refractivity contribution is -0.0226. The van der Waals surface area contributed by atoms with Gasteiger partial charge in [0.25, 0.3) is 0 Å². The van der Waals surface area contributed by atoms with Crippen molar-refractivity contribution < 1.29 is 13.5 Å². The Labute approximate surface area is 117 Å². The van der Waals surface area contributed by atoms with Gasteiger partial charge in [-0.2, -0.15) is 0 Å². The molecule has 3 atom stereocenters. The molecule has 0 aromatic heterocycles. The van der Waals surface area contributed by atoms with E-state index < -0.39 is 15.4 Å². The lowest BCUT2D eigenvalue weighted by Crippen LogP contribution is -2.43. The summed E-state index contributed by atoms with van der Waals surface area (Å²) in [5.41, 5.74) is -0.773. The molecule has 0 saturated heterocycles. The Hall–Kier alpha value is -0.130. The maximum atomic E-state index is 11.7. The molecule has 0 radical (unpaired) electrons. The summed E-state index contributed by atoms with van der Waals surface area (Å²) in [4.78, 5) is 0. The number of rotatable bonds is 6. The van der Waals surface area contributed by atoms with Gasteiger partial charge < -0.3 is 10.4 Å². The first-order valence-electron chi connectivity index (χ1n) is 7.27. The summed E-state index contributed by atoms with van der Waals surface area (Å²) in [6.07, 6.45) is 5.17. The van der Waals surface area contributed by atoms with E-state index in [1.165, 1.54) is 6.26 Å². The first-order chi connectivity index (χ1) is 8.63. The number of hydrogen-bond donors (Lipinski definition) is 2. The van der Waals surface area contributed by atoms with E-state index in [0.717, 1.165) is 25.8 Å². The number of hydrogen-bond acceptors (Lipinski definition) is 4. The zero-order chi connectivity index (χ0) is 14.7. The lowest BCUT2D eigenvalue weighted by atomic mass is 9.76. The Morgan fingerprint density at radius 3 is 2.53 bits per heavy atom. The van der Waals surface area contributed by atoms with Crippen LogP contribution in [0.4, 0.5) is 0 Å². The molecule has 0 bridgehead atoms. The summed E-state index contributed by atoms with van der Waals surface area (Å²) in [6.45, 7) is 6.78. The fourth-order valence-corrected chi connectivity index (χ4v) is 4.09. The van der Waals surface area contributed by atoms with Crippen LogP contribution in [0.3, 0.4) is 0 Å². The molecule has 1 aliphatic carbocycles. The molecule has 0 aromatic carbocycles. The Balaban J connectivity index is 2.57. The van der Waals surface area contributed by atoms with Crippen LogP contribution in [-0.4, -0.2) is 43.2 Å². The van der Waals surface area contributed by atoms with Crippen molar-refractivity contribution in [3.05, 3.63) is 0 Å². The maximum Gasteiger partial charge on any atom is 0.150 e. The highest BCUT2D eigenvalue weighted by molar-refractivity contribution is 7.91. The smallest absolute Gasteiger partial charge is 0.150 e. The summed E-state index contributed by atoms with van der Waals surface area (Å²) >= 11 is 0. The predicted octanol–water partition coefficient (Wildman–Crippen LogP) is 1.73. The molecule has 0 spiro atoms. The third-order valence-corrected chi connectivity index (χ3v) is 5.93. The predicted molar refractivity (Wildman–Crippen MR) is 79.0 cm³/mol. The van der Waals surface area contributed by atoms with Crippen LogP contribution in [0.15, 0.2) is 0 Å². The van der Waals surface area contributed by atoms with E-state index in [0.29, 0.717) is 18.9 Å². The molecule has 0 aliphatic heterocycles. The maximum absolute atomic E-state index is 11.7. The molecule has 19 heavy (non-hydrogen) atoms. The molecule has 2 N–H and O–H groups in total. The van der Waals surface area contributed by atoms with Crippen molar-refractivity contribution in [3.63, 3.8) is 0 Å². The molecule has 5 heteroatoms. The first kappa shape index (κ1) is 16.9. The van der Waals surface area contributed by atoms with Crippen LogP contribution < -0.4 is 5.32 Å². The van der Waals surface area contributed by atoms with Crippen molar-refractivity contribution in [2.75, 3.05) is 12.8 Å². The molecule has 1 saturated carbocycles. The minimum Gasteiger partial charge on any atom is -0.390 e. The number of aliphatic hydroxyl groups is 1. The molecule has 1 rings (SSSR count). The summed E-state index contributed by atoms with van der Waals surface area (Å²) < 4.78 is 23.3. The Morgan fingerprint density at radius 2 is 2.00 bits per heavy atom. The van der Waals surface area contributed by atoms with Gasteiger partial charge >= 0.3 is 0 Å². The fourth-order valence-electron chi connectivity index (χ4n) is 2.92. The molecule has 0 heterocycles. The van der Waals surface area contributed by atoms with Crippen LogP contribution in [0, 0.1) is 5.92 Å². The van der Waals surface area contributed by atoms with E-state index in [1.807, 2.05) is 6.92 Å². The average Bonchev–Trinajstić information content (AvgIpc) is 2.27. The van der Waals surface area contributed by atoms with Crippen molar-refractivity contribution in [1.82, 2.24) is 5.32 Å². The molecule has 0 aromatic rings. The van der Waals surface area contributed by atoms with Gasteiger partial charge in [0.1, 0.15) is 9.84 Å². The number of nitrogens with one attached hydrogen (secondary N) is 1. The van der Waals surface area contributed by atoms with Gasteiger partial charge in [-0.1, -0.05) is 20.3 Å². The molecular weight excluding hydrogens is 262 g/mol. The zero-order valence-corrected chi connectivity index (χ0v) is 13.5. The Morgan fingerprint density at radius 1 is 1.37 bits per heavy atom. The van der Waals surface area contributed by atoms with E-state index in [9.17, 15) is 13.5 Å². The molecule has 1 aliphatic rings. The van der Waals surface area contributed by atoms with Gasteiger partial charge in [-0.3, -0.25) is 0 Å². The highest BCUT2D eigenvalue weighted by atomic mass is 32.2. The van der Waals surface area contributed by atoms with Crippen molar-refractivity contribution in [2.45, 2.75) is 69.8 Å². The standard InChI is InChI=1S/C14H29NO3S/c1-11(2)15-9-8-14(3,16)12-6-5-7-13(10-12)19(4,17)18/h11-13,15-16H,5-10H2,1-4H3. The molecule has 4 nitrogen and oxygen atoms in total. The van der Waals surface area contributed by atoms with Crippen molar-refractivity contribution in [3.8, 4) is 0 Å². The van der Waals surface area contributed by atoms with Crippen LogP contribution >= 0.6 is 0 Å². The van der Waals surface area contributed by atoms with Crippen LogP contribution in [-0.2, 0) is 9.84 Å². The second-order valence-corrected chi connectivity index (χ2v) is 8.86. The minimum absolute atomic E-state index is 0.0925. The largest absolute Gasteiger partial charge is 0.390 e. The van der Waals surface area contributed by atoms with Crippen LogP contribution in [0.1, 0.15) is 52.9 Å². The summed E-state index contributed by atoms with van der Waals surface area (Å²) in [6, 6.07) is 0.408. The third kappa shape index (κ3) is 5.40. The Kier molecular flexibility index (Phi) is 5.83. The topological polar surface area (TPSA) is 66.4 Å². The highest BCUT2D eigenvalue weighted by Gasteiger charge is 2.38. The SMILES string of the molecule is CC(C)NCCC(C)(O)C1CCCC(S(C)(=O)=O)C1.